The van der Waals surface area contributed by atoms with Crippen molar-refractivity contribution in [1.29, 1.82) is 0 Å². The van der Waals surface area contributed by atoms with Crippen molar-refractivity contribution in [3.05, 3.63) is 75.8 Å². The van der Waals surface area contributed by atoms with Crippen molar-refractivity contribution in [3.63, 3.8) is 0 Å². The summed E-state index contributed by atoms with van der Waals surface area (Å²) in [5, 5.41) is 0.892. The molecule has 0 saturated carbocycles. The smallest absolute Gasteiger partial charge is 0.147 e. The summed E-state index contributed by atoms with van der Waals surface area (Å²) in [5.41, 5.74) is 10.0. The second-order valence-corrected chi connectivity index (χ2v) is 10.5. The molecule has 1 aliphatic heterocycles. The lowest BCUT2D eigenvalue weighted by molar-refractivity contribution is 0.187. The molecule has 3 aromatic rings. The zero-order valence-corrected chi connectivity index (χ0v) is 19.7. The number of anilines is 1. The Morgan fingerprint density at radius 1 is 1.16 bits per heavy atom. The van der Waals surface area contributed by atoms with Crippen LogP contribution in [-0.4, -0.2) is 23.1 Å². The van der Waals surface area contributed by atoms with E-state index in [1.54, 1.807) is 17.8 Å². The predicted octanol–water partition coefficient (Wildman–Crippen LogP) is 5.68. The van der Waals surface area contributed by atoms with Gasteiger partial charge in [-0.15, -0.1) is 0 Å². The maximum Gasteiger partial charge on any atom is 0.147 e. The van der Waals surface area contributed by atoms with Gasteiger partial charge in [0.25, 0.3) is 0 Å². The molecule has 1 atom stereocenters. The van der Waals surface area contributed by atoms with Crippen LogP contribution in [0.15, 0.2) is 63.2 Å². The number of piperidine rings is 1. The largest absolute Gasteiger partial charge is 0.355 e. The highest BCUT2D eigenvalue weighted by molar-refractivity contribution is 9.10. The highest BCUT2D eigenvalue weighted by Crippen LogP contribution is 2.51. The molecule has 1 saturated heterocycles. The molecule has 0 unspecified atom stereocenters. The summed E-state index contributed by atoms with van der Waals surface area (Å²) in [6.07, 6.45) is 6.49. The van der Waals surface area contributed by atoms with Gasteiger partial charge in [-0.3, -0.25) is 0 Å². The van der Waals surface area contributed by atoms with Gasteiger partial charge in [0.05, 0.1) is 16.9 Å². The average Bonchev–Trinajstić information content (AvgIpc) is 3.01. The molecule has 4 nitrogen and oxygen atoms in total. The summed E-state index contributed by atoms with van der Waals surface area (Å²) >= 11 is 4.93. The van der Waals surface area contributed by atoms with E-state index in [1.165, 1.54) is 10.5 Å². The summed E-state index contributed by atoms with van der Waals surface area (Å²) in [7, 11) is 0. The fourth-order valence-electron chi connectivity index (χ4n) is 4.86. The van der Waals surface area contributed by atoms with Crippen molar-refractivity contribution in [2.75, 3.05) is 18.0 Å². The Kier molecular flexibility index (Phi) is 5.52. The van der Waals surface area contributed by atoms with E-state index in [2.05, 4.69) is 62.0 Å². The maximum absolute atomic E-state index is 14.0. The molecule has 1 aromatic heterocycles. The molecule has 2 aliphatic rings. The molecule has 7 heteroatoms. The summed E-state index contributed by atoms with van der Waals surface area (Å²) in [4.78, 5) is 12.7. The number of nitrogens with two attached hydrogens (primary N) is 1. The zero-order chi connectivity index (χ0) is 21.6. The molecule has 1 aliphatic carbocycles. The van der Waals surface area contributed by atoms with Crippen LogP contribution in [0.25, 0.3) is 0 Å². The van der Waals surface area contributed by atoms with Crippen LogP contribution in [0.1, 0.15) is 35.6 Å². The van der Waals surface area contributed by atoms with Gasteiger partial charge in [0, 0.05) is 24.0 Å². The van der Waals surface area contributed by atoms with Crippen LogP contribution in [-0.2, 0) is 6.42 Å². The van der Waals surface area contributed by atoms with Gasteiger partial charge in [-0.2, -0.15) is 0 Å². The summed E-state index contributed by atoms with van der Waals surface area (Å²) < 4.78 is 14.5. The van der Waals surface area contributed by atoms with Crippen LogP contribution in [0.5, 0.6) is 0 Å². The predicted molar refractivity (Wildman–Crippen MR) is 126 cm³/mol. The summed E-state index contributed by atoms with van der Waals surface area (Å²) in [6, 6.07) is 11.8. The fraction of sp³-hybridized carbons (Fsp3) is 0.333. The van der Waals surface area contributed by atoms with Crippen molar-refractivity contribution in [2.45, 2.75) is 42.1 Å². The number of fused-ring (bicyclic) bond motifs is 1. The topological polar surface area (TPSA) is 55.0 Å². The molecular formula is C24H24BrFN4S. The first kappa shape index (κ1) is 20.9. The van der Waals surface area contributed by atoms with E-state index in [0.717, 1.165) is 54.3 Å². The first-order valence-electron chi connectivity index (χ1n) is 10.5. The maximum atomic E-state index is 14.0. The molecule has 31 heavy (non-hydrogen) atoms. The highest BCUT2D eigenvalue weighted by Gasteiger charge is 2.46. The molecule has 1 fully saturated rings. The van der Waals surface area contributed by atoms with Crippen molar-refractivity contribution in [2.24, 2.45) is 11.1 Å². The van der Waals surface area contributed by atoms with E-state index in [4.69, 9.17) is 5.73 Å². The molecule has 1 spiro atoms. The zero-order valence-electron chi connectivity index (χ0n) is 17.3. The number of hydrogen-bond acceptors (Lipinski definition) is 5. The Labute approximate surface area is 194 Å². The lowest BCUT2D eigenvalue weighted by atomic mass is 9.73. The second kappa shape index (κ2) is 8.19. The third-order valence-electron chi connectivity index (χ3n) is 6.63. The van der Waals surface area contributed by atoms with E-state index >= 15 is 0 Å². The molecule has 5 rings (SSSR count). The third kappa shape index (κ3) is 3.99. The Morgan fingerprint density at radius 3 is 2.68 bits per heavy atom. The molecule has 160 valence electrons. The lowest BCUT2D eigenvalue weighted by Gasteiger charge is -2.42. The quantitative estimate of drug-likeness (QED) is 0.503. The molecular weight excluding hydrogens is 475 g/mol. The normalized spacial score (nSPS) is 19.6. The van der Waals surface area contributed by atoms with Gasteiger partial charge in [-0.05, 0) is 82.9 Å². The number of aryl methyl sites for hydroxylation is 1. The number of rotatable bonds is 3. The number of nitrogens with zero attached hydrogens (tertiary/aromatic N) is 3. The fourth-order valence-corrected chi connectivity index (χ4v) is 6.06. The summed E-state index contributed by atoms with van der Waals surface area (Å²) in [5.74, 6) is 0.695. The van der Waals surface area contributed by atoms with Gasteiger partial charge in [0.2, 0.25) is 0 Å². The molecule has 0 bridgehead atoms. The number of hydrogen-bond donors (Lipinski definition) is 1. The molecule has 2 aromatic carbocycles. The van der Waals surface area contributed by atoms with Crippen molar-refractivity contribution in [1.82, 2.24) is 9.97 Å². The number of benzene rings is 2. The second-order valence-electron chi connectivity index (χ2n) is 8.60. The van der Waals surface area contributed by atoms with Gasteiger partial charge >= 0.3 is 0 Å². The molecule has 0 radical (unpaired) electrons. The Bertz CT molecular complexity index is 1110. The lowest BCUT2D eigenvalue weighted by Crippen LogP contribution is -2.44. The molecule has 0 amide bonds. The molecule has 2 heterocycles. The number of aromatic nitrogens is 2. The van der Waals surface area contributed by atoms with E-state index < -0.39 is 0 Å². The minimum Gasteiger partial charge on any atom is -0.355 e. The van der Waals surface area contributed by atoms with E-state index in [-0.39, 0.29) is 17.3 Å². The van der Waals surface area contributed by atoms with Crippen LogP contribution in [0, 0.1) is 18.2 Å². The first-order chi connectivity index (χ1) is 14.9. The third-order valence-corrected chi connectivity index (χ3v) is 8.15. The van der Waals surface area contributed by atoms with Gasteiger partial charge in [-0.25, -0.2) is 14.4 Å². The minimum atomic E-state index is -0.209. The summed E-state index contributed by atoms with van der Waals surface area (Å²) in [6.45, 7) is 3.85. The number of halogens is 2. The van der Waals surface area contributed by atoms with Crippen LogP contribution >= 0.6 is 27.7 Å². The SMILES string of the molecule is Cc1cccc(Sc2cnc(N3CCC4(CC3)Cc3cc(F)c(Br)cc3[C@H]4N)cn2)c1. The van der Waals surface area contributed by atoms with Gasteiger partial charge in [0.15, 0.2) is 0 Å². The standard InChI is InChI=1S/C24H24BrFN4S/c1-15-3-2-4-17(9-15)31-22-14-28-21(13-29-22)30-7-5-24(6-8-30)12-16-10-20(26)19(25)11-18(16)23(24)27/h2-4,9-11,13-14,23H,5-8,12,27H2,1H3/t23-/m1/s1. The van der Waals surface area contributed by atoms with Crippen LogP contribution in [0.2, 0.25) is 0 Å². The van der Waals surface area contributed by atoms with E-state index in [0.29, 0.717) is 4.47 Å². The average molecular weight is 499 g/mol. The Hall–Kier alpha value is -1.96. The highest BCUT2D eigenvalue weighted by atomic mass is 79.9. The van der Waals surface area contributed by atoms with Gasteiger partial charge in [-0.1, -0.05) is 29.5 Å². The van der Waals surface area contributed by atoms with Crippen molar-refractivity contribution >= 4 is 33.5 Å². The van der Waals surface area contributed by atoms with E-state index in [1.807, 2.05) is 18.5 Å². The Morgan fingerprint density at radius 2 is 1.97 bits per heavy atom. The van der Waals surface area contributed by atoms with Crippen molar-refractivity contribution < 1.29 is 4.39 Å². The van der Waals surface area contributed by atoms with Gasteiger partial charge in [0.1, 0.15) is 16.7 Å². The van der Waals surface area contributed by atoms with Crippen LogP contribution in [0.4, 0.5) is 10.2 Å². The minimum absolute atomic E-state index is 0.000453. The first-order valence-corrected chi connectivity index (χ1v) is 12.1. The molecule has 2 N–H and O–H groups in total. The van der Waals surface area contributed by atoms with Gasteiger partial charge < -0.3 is 10.6 Å². The van der Waals surface area contributed by atoms with Crippen LogP contribution in [0.3, 0.4) is 0 Å². The Balaban J connectivity index is 1.26. The monoisotopic (exact) mass is 498 g/mol. The van der Waals surface area contributed by atoms with Crippen molar-refractivity contribution in [3.8, 4) is 0 Å². The van der Waals surface area contributed by atoms with E-state index in [9.17, 15) is 4.39 Å². The van der Waals surface area contributed by atoms with Crippen LogP contribution < -0.4 is 10.6 Å².